The van der Waals surface area contributed by atoms with E-state index in [1.807, 2.05) is 18.8 Å². The second-order valence-electron chi connectivity index (χ2n) is 4.01. The molecule has 1 aromatic rings. The van der Waals surface area contributed by atoms with Crippen LogP contribution in [0.3, 0.4) is 0 Å². The van der Waals surface area contributed by atoms with Crippen LogP contribution < -0.4 is 5.73 Å². The van der Waals surface area contributed by atoms with Crippen molar-refractivity contribution >= 4 is 23.4 Å². The molecule has 5 nitrogen and oxygen atoms in total. The normalized spacial score (nSPS) is 20.0. The van der Waals surface area contributed by atoms with E-state index in [1.54, 1.807) is 11.9 Å². The van der Waals surface area contributed by atoms with E-state index in [0.717, 1.165) is 17.9 Å². The number of rotatable bonds is 2. The van der Waals surface area contributed by atoms with Gasteiger partial charge in [0.15, 0.2) is 0 Å². The Morgan fingerprint density at radius 3 is 3.00 bits per heavy atom. The van der Waals surface area contributed by atoms with Crippen molar-refractivity contribution in [3.63, 3.8) is 0 Å². The highest BCUT2D eigenvalue weighted by Gasteiger charge is 2.27. The lowest BCUT2D eigenvalue weighted by atomic mass is 10.2. The van der Waals surface area contributed by atoms with Gasteiger partial charge in [0.05, 0.1) is 11.9 Å². The monoisotopic (exact) mass is 240 g/mol. The quantitative estimate of drug-likeness (QED) is 0.821. The summed E-state index contributed by atoms with van der Waals surface area (Å²) in [4.78, 5) is 14.0. The molecule has 0 aromatic carbocycles. The summed E-state index contributed by atoms with van der Waals surface area (Å²) in [5, 5.41) is 3.99. The van der Waals surface area contributed by atoms with Crippen LogP contribution in [0.2, 0.25) is 0 Å². The second kappa shape index (κ2) is 4.37. The molecule has 2 N–H and O–H groups in total. The molecule has 1 aliphatic heterocycles. The molecule has 1 aromatic heterocycles. The number of amides is 1. The number of nitrogens with two attached hydrogens (primary N) is 1. The van der Waals surface area contributed by atoms with E-state index in [0.29, 0.717) is 17.4 Å². The van der Waals surface area contributed by atoms with Crippen molar-refractivity contribution in [1.82, 2.24) is 14.7 Å². The smallest absolute Gasteiger partial charge is 0.274 e. The van der Waals surface area contributed by atoms with Crippen molar-refractivity contribution in [2.75, 3.05) is 24.3 Å². The van der Waals surface area contributed by atoms with Gasteiger partial charge in [-0.3, -0.25) is 9.48 Å². The van der Waals surface area contributed by atoms with Crippen LogP contribution in [0.5, 0.6) is 0 Å². The Morgan fingerprint density at radius 1 is 1.75 bits per heavy atom. The molecular formula is C10H16N4OS. The maximum Gasteiger partial charge on any atom is 0.274 e. The second-order valence-corrected chi connectivity index (χ2v) is 5.16. The molecule has 1 unspecified atom stereocenters. The highest BCUT2D eigenvalue weighted by atomic mass is 32.2. The molecule has 1 aliphatic rings. The Hall–Kier alpha value is -1.17. The van der Waals surface area contributed by atoms with Crippen LogP contribution in [-0.2, 0) is 7.05 Å². The number of nitrogen functional groups attached to an aromatic ring is 1. The molecule has 0 bridgehead atoms. The lowest BCUT2D eigenvalue weighted by molar-refractivity contribution is 0.0738. The molecule has 1 amide bonds. The zero-order chi connectivity index (χ0) is 11.7. The van der Waals surface area contributed by atoms with E-state index in [1.165, 1.54) is 10.9 Å². The van der Waals surface area contributed by atoms with Gasteiger partial charge >= 0.3 is 0 Å². The lowest BCUT2D eigenvalue weighted by Crippen LogP contribution is -2.38. The van der Waals surface area contributed by atoms with Crippen LogP contribution >= 0.6 is 11.8 Å². The van der Waals surface area contributed by atoms with Crippen molar-refractivity contribution < 1.29 is 4.79 Å². The summed E-state index contributed by atoms with van der Waals surface area (Å²) in [6, 6.07) is 0.326. The molecule has 1 fully saturated rings. The highest BCUT2D eigenvalue weighted by molar-refractivity contribution is 7.99. The number of hydrogen-bond acceptors (Lipinski definition) is 4. The minimum Gasteiger partial charge on any atom is -0.396 e. The molecule has 1 atom stereocenters. The fourth-order valence-electron chi connectivity index (χ4n) is 1.88. The number of carbonyl (C=O) groups excluding carboxylic acids is 1. The minimum absolute atomic E-state index is 0.0370. The van der Waals surface area contributed by atoms with Crippen molar-refractivity contribution in [2.45, 2.75) is 12.5 Å². The third kappa shape index (κ3) is 1.89. The van der Waals surface area contributed by atoms with Gasteiger partial charge < -0.3 is 10.6 Å². The van der Waals surface area contributed by atoms with Gasteiger partial charge in [-0.1, -0.05) is 0 Å². The first-order chi connectivity index (χ1) is 7.61. The van der Waals surface area contributed by atoms with Gasteiger partial charge in [0.2, 0.25) is 0 Å². The number of hydrogen-bond donors (Lipinski definition) is 1. The number of nitrogens with zero attached hydrogens (tertiary/aromatic N) is 3. The molecule has 2 rings (SSSR count). The van der Waals surface area contributed by atoms with Gasteiger partial charge in [-0.25, -0.2) is 0 Å². The average molecular weight is 240 g/mol. The van der Waals surface area contributed by atoms with Crippen LogP contribution in [-0.4, -0.2) is 45.2 Å². The van der Waals surface area contributed by atoms with Gasteiger partial charge in [0, 0.05) is 25.9 Å². The summed E-state index contributed by atoms with van der Waals surface area (Å²) >= 11 is 1.89. The number of carbonyl (C=O) groups is 1. The summed E-state index contributed by atoms with van der Waals surface area (Å²) in [5.74, 6) is 2.10. The Labute approximate surface area is 99.0 Å². The summed E-state index contributed by atoms with van der Waals surface area (Å²) in [6.07, 6.45) is 2.58. The Balaban J connectivity index is 2.18. The number of aryl methyl sites for hydroxylation is 1. The predicted octanol–water partition coefficient (Wildman–Crippen LogP) is 0.580. The van der Waals surface area contributed by atoms with Crippen molar-refractivity contribution in [3.8, 4) is 0 Å². The fourth-order valence-corrected chi connectivity index (χ4v) is 3.14. The molecule has 16 heavy (non-hydrogen) atoms. The maximum absolute atomic E-state index is 12.2. The SMILES string of the molecule is CN(C(=O)c1c(N)cnn1C)C1CCSC1. The molecule has 0 saturated carbocycles. The number of aromatic nitrogens is 2. The van der Waals surface area contributed by atoms with Crippen molar-refractivity contribution in [2.24, 2.45) is 7.05 Å². The molecule has 0 spiro atoms. The summed E-state index contributed by atoms with van der Waals surface area (Å²) in [6.45, 7) is 0. The van der Waals surface area contributed by atoms with Gasteiger partial charge in [-0.15, -0.1) is 0 Å². The van der Waals surface area contributed by atoms with E-state index in [2.05, 4.69) is 5.10 Å². The third-order valence-electron chi connectivity index (χ3n) is 2.94. The topological polar surface area (TPSA) is 64.2 Å². The van der Waals surface area contributed by atoms with Crippen LogP contribution in [0.4, 0.5) is 5.69 Å². The number of thioether (sulfide) groups is 1. The largest absolute Gasteiger partial charge is 0.396 e. The minimum atomic E-state index is -0.0370. The third-order valence-corrected chi connectivity index (χ3v) is 4.09. The van der Waals surface area contributed by atoms with Gasteiger partial charge in [-0.05, 0) is 12.2 Å². The van der Waals surface area contributed by atoms with E-state index < -0.39 is 0 Å². The lowest BCUT2D eigenvalue weighted by Gasteiger charge is -2.23. The van der Waals surface area contributed by atoms with Crippen LogP contribution in [0.15, 0.2) is 6.20 Å². The average Bonchev–Trinajstić information content (AvgIpc) is 2.87. The zero-order valence-corrected chi connectivity index (χ0v) is 10.3. The fraction of sp³-hybridized carbons (Fsp3) is 0.600. The predicted molar refractivity (Wildman–Crippen MR) is 65.4 cm³/mol. The Kier molecular flexibility index (Phi) is 3.09. The zero-order valence-electron chi connectivity index (χ0n) is 9.51. The Morgan fingerprint density at radius 2 is 2.50 bits per heavy atom. The van der Waals surface area contributed by atoms with E-state index >= 15 is 0 Å². The van der Waals surface area contributed by atoms with Crippen LogP contribution in [0.1, 0.15) is 16.9 Å². The molecule has 2 heterocycles. The summed E-state index contributed by atoms with van der Waals surface area (Å²) in [7, 11) is 3.58. The summed E-state index contributed by atoms with van der Waals surface area (Å²) in [5.41, 5.74) is 6.68. The van der Waals surface area contributed by atoms with E-state index in [9.17, 15) is 4.79 Å². The van der Waals surface area contributed by atoms with Gasteiger partial charge in [0.25, 0.3) is 5.91 Å². The Bertz CT molecular complexity index is 378. The maximum atomic E-state index is 12.2. The van der Waals surface area contributed by atoms with Crippen LogP contribution in [0.25, 0.3) is 0 Å². The van der Waals surface area contributed by atoms with Gasteiger partial charge in [-0.2, -0.15) is 16.9 Å². The first-order valence-electron chi connectivity index (χ1n) is 5.23. The van der Waals surface area contributed by atoms with Crippen LogP contribution in [0, 0.1) is 0 Å². The molecular weight excluding hydrogens is 224 g/mol. The molecule has 0 radical (unpaired) electrons. The first-order valence-corrected chi connectivity index (χ1v) is 6.39. The van der Waals surface area contributed by atoms with Crippen molar-refractivity contribution in [1.29, 1.82) is 0 Å². The first kappa shape index (κ1) is 11.3. The van der Waals surface area contributed by atoms with E-state index in [4.69, 9.17) is 5.73 Å². The molecule has 1 saturated heterocycles. The molecule has 88 valence electrons. The van der Waals surface area contributed by atoms with Crippen molar-refractivity contribution in [3.05, 3.63) is 11.9 Å². The van der Waals surface area contributed by atoms with E-state index in [-0.39, 0.29) is 5.91 Å². The highest BCUT2D eigenvalue weighted by Crippen LogP contribution is 2.23. The number of anilines is 1. The molecule has 0 aliphatic carbocycles. The summed E-state index contributed by atoms with van der Waals surface area (Å²) < 4.78 is 1.54. The standard InChI is InChI=1S/C10H16N4OS/c1-13(7-3-4-16-6-7)10(15)9-8(11)5-12-14(9)2/h5,7H,3-4,6,11H2,1-2H3. The molecule has 6 heteroatoms. The van der Waals surface area contributed by atoms with Gasteiger partial charge in [0.1, 0.15) is 5.69 Å².